The first-order valence-electron chi connectivity index (χ1n) is 10.8. The summed E-state index contributed by atoms with van der Waals surface area (Å²) in [6.45, 7) is 2.10. The average Bonchev–Trinajstić information content (AvgIpc) is 3.37. The summed E-state index contributed by atoms with van der Waals surface area (Å²) in [7, 11) is 0. The topological polar surface area (TPSA) is 94.2 Å². The largest absolute Gasteiger partial charge is 0.493 e. The number of fused-ring (bicyclic) bond motifs is 1. The van der Waals surface area contributed by atoms with E-state index in [4.69, 9.17) is 14.2 Å². The molecule has 0 bridgehead atoms. The van der Waals surface area contributed by atoms with E-state index in [1.54, 1.807) is 25.1 Å². The Morgan fingerprint density at radius 3 is 2.76 bits per heavy atom. The summed E-state index contributed by atoms with van der Waals surface area (Å²) in [5.74, 6) is -1.82. The summed E-state index contributed by atoms with van der Waals surface area (Å²) in [5, 5.41) is 2.58. The number of esters is 1. The number of likely N-dealkylation sites (tertiary alicyclic amines) is 1. The number of alkyl carbamates (subject to hydrolysis) is 1. The van der Waals surface area contributed by atoms with Crippen molar-refractivity contribution >= 4 is 18.0 Å². The SMILES string of the molecule is CCOC(=O)CN1CC(c2cc3c(cc2F)OCC3)C(NC(=O)OCc2ccccc2)C1=O. The zero-order chi connectivity index (χ0) is 23.4. The maximum Gasteiger partial charge on any atom is 0.408 e. The van der Waals surface area contributed by atoms with Gasteiger partial charge in [0.25, 0.3) is 0 Å². The molecule has 2 unspecified atom stereocenters. The number of hydrogen-bond acceptors (Lipinski definition) is 6. The van der Waals surface area contributed by atoms with Crippen LogP contribution in [0.15, 0.2) is 42.5 Å². The highest BCUT2D eigenvalue weighted by Crippen LogP contribution is 2.36. The minimum absolute atomic E-state index is 0.0232. The van der Waals surface area contributed by atoms with Crippen LogP contribution in [0.5, 0.6) is 5.75 Å². The van der Waals surface area contributed by atoms with Crippen molar-refractivity contribution in [3.63, 3.8) is 0 Å². The van der Waals surface area contributed by atoms with Crippen LogP contribution in [0.2, 0.25) is 0 Å². The fraction of sp³-hybridized carbons (Fsp3) is 0.375. The molecule has 1 N–H and O–H groups in total. The maximum absolute atomic E-state index is 15.0. The van der Waals surface area contributed by atoms with Gasteiger partial charge in [0.2, 0.25) is 5.91 Å². The number of amides is 2. The van der Waals surface area contributed by atoms with E-state index >= 15 is 0 Å². The molecule has 4 rings (SSSR count). The molecule has 2 aromatic carbocycles. The molecule has 0 aromatic heterocycles. The Morgan fingerprint density at radius 1 is 1.21 bits per heavy atom. The molecular weight excluding hydrogens is 431 g/mol. The first kappa shape index (κ1) is 22.6. The first-order chi connectivity index (χ1) is 16.0. The van der Waals surface area contributed by atoms with E-state index in [0.29, 0.717) is 18.8 Å². The second kappa shape index (κ2) is 9.89. The molecule has 0 radical (unpaired) electrons. The third kappa shape index (κ3) is 5.08. The van der Waals surface area contributed by atoms with Crippen LogP contribution in [0, 0.1) is 5.82 Å². The quantitative estimate of drug-likeness (QED) is 0.644. The number of carbonyl (C=O) groups is 3. The molecule has 2 heterocycles. The monoisotopic (exact) mass is 456 g/mol. The van der Waals surface area contributed by atoms with Gasteiger partial charge in [-0.25, -0.2) is 9.18 Å². The number of hydrogen-bond donors (Lipinski definition) is 1. The molecule has 2 amide bonds. The molecule has 0 aliphatic carbocycles. The van der Waals surface area contributed by atoms with Crippen molar-refractivity contribution in [2.45, 2.75) is 31.9 Å². The van der Waals surface area contributed by atoms with E-state index in [1.165, 1.54) is 11.0 Å². The van der Waals surface area contributed by atoms with E-state index in [-0.39, 0.29) is 31.9 Å². The van der Waals surface area contributed by atoms with Gasteiger partial charge in [0.1, 0.15) is 30.8 Å². The van der Waals surface area contributed by atoms with Gasteiger partial charge in [-0.3, -0.25) is 9.59 Å². The van der Waals surface area contributed by atoms with Crippen molar-refractivity contribution in [1.82, 2.24) is 10.2 Å². The van der Waals surface area contributed by atoms with Crippen molar-refractivity contribution in [1.29, 1.82) is 0 Å². The Morgan fingerprint density at radius 2 is 2.00 bits per heavy atom. The van der Waals surface area contributed by atoms with Gasteiger partial charge in [-0.15, -0.1) is 0 Å². The van der Waals surface area contributed by atoms with E-state index < -0.39 is 35.7 Å². The van der Waals surface area contributed by atoms with Crippen molar-refractivity contribution in [2.24, 2.45) is 0 Å². The minimum Gasteiger partial charge on any atom is -0.493 e. The highest BCUT2D eigenvalue weighted by Gasteiger charge is 2.44. The molecule has 0 spiro atoms. The summed E-state index contributed by atoms with van der Waals surface area (Å²) in [4.78, 5) is 38.8. The van der Waals surface area contributed by atoms with Crippen molar-refractivity contribution < 1.29 is 33.0 Å². The predicted octanol–water partition coefficient (Wildman–Crippen LogP) is 2.54. The fourth-order valence-electron chi connectivity index (χ4n) is 4.14. The Labute approximate surface area is 190 Å². The Kier molecular flexibility index (Phi) is 6.76. The Balaban J connectivity index is 1.53. The summed E-state index contributed by atoms with van der Waals surface area (Å²) >= 11 is 0. The molecule has 174 valence electrons. The number of nitrogens with zero attached hydrogens (tertiary/aromatic N) is 1. The van der Waals surface area contributed by atoms with Crippen LogP contribution < -0.4 is 10.1 Å². The number of carbonyl (C=O) groups excluding carboxylic acids is 3. The van der Waals surface area contributed by atoms with E-state index in [0.717, 1.165) is 11.1 Å². The Hall–Kier alpha value is -3.62. The predicted molar refractivity (Wildman–Crippen MR) is 115 cm³/mol. The van der Waals surface area contributed by atoms with Gasteiger partial charge < -0.3 is 24.4 Å². The van der Waals surface area contributed by atoms with E-state index in [2.05, 4.69) is 5.32 Å². The van der Waals surface area contributed by atoms with Gasteiger partial charge in [0, 0.05) is 24.9 Å². The molecule has 2 aliphatic heterocycles. The molecule has 1 fully saturated rings. The van der Waals surface area contributed by atoms with Crippen LogP contribution in [0.3, 0.4) is 0 Å². The number of nitrogens with one attached hydrogen (secondary N) is 1. The average molecular weight is 456 g/mol. The molecule has 2 aliphatic rings. The van der Waals surface area contributed by atoms with Crippen molar-refractivity contribution in [3.8, 4) is 5.75 Å². The van der Waals surface area contributed by atoms with Crippen LogP contribution in [-0.4, -0.2) is 55.2 Å². The summed E-state index contributed by atoms with van der Waals surface area (Å²) in [6, 6.07) is 11.0. The van der Waals surface area contributed by atoms with E-state index in [1.807, 2.05) is 18.2 Å². The second-order valence-corrected chi connectivity index (χ2v) is 7.89. The van der Waals surface area contributed by atoms with Crippen molar-refractivity contribution in [2.75, 3.05) is 26.3 Å². The van der Waals surface area contributed by atoms with E-state index in [9.17, 15) is 18.8 Å². The molecule has 2 aromatic rings. The number of halogens is 1. The fourth-order valence-corrected chi connectivity index (χ4v) is 4.14. The van der Waals surface area contributed by atoms with Gasteiger partial charge in [-0.2, -0.15) is 0 Å². The second-order valence-electron chi connectivity index (χ2n) is 7.89. The van der Waals surface area contributed by atoms with Gasteiger partial charge in [0.15, 0.2) is 0 Å². The first-order valence-corrected chi connectivity index (χ1v) is 10.8. The molecule has 33 heavy (non-hydrogen) atoms. The Bertz CT molecular complexity index is 1040. The standard InChI is InChI=1S/C24H25FN2O6/c1-2-31-21(28)13-27-12-18(17-10-16-8-9-32-20(16)11-19(17)25)22(23(27)29)26-24(30)33-14-15-6-4-3-5-7-15/h3-7,10-11,18,22H,2,8-9,12-14H2,1H3,(H,26,30). The number of benzene rings is 2. The number of ether oxygens (including phenoxy) is 3. The van der Waals surface area contributed by atoms with Gasteiger partial charge in [-0.1, -0.05) is 30.3 Å². The molecular formula is C24H25FN2O6. The van der Waals surface area contributed by atoms with Crippen LogP contribution >= 0.6 is 0 Å². The summed E-state index contributed by atoms with van der Waals surface area (Å²) < 4.78 is 30.6. The van der Waals surface area contributed by atoms with Crippen molar-refractivity contribution in [3.05, 3.63) is 65.0 Å². The maximum atomic E-state index is 15.0. The molecule has 8 nitrogen and oxygen atoms in total. The zero-order valence-electron chi connectivity index (χ0n) is 18.2. The highest BCUT2D eigenvalue weighted by atomic mass is 19.1. The summed E-state index contributed by atoms with van der Waals surface area (Å²) in [5.41, 5.74) is 1.91. The smallest absolute Gasteiger partial charge is 0.408 e. The zero-order valence-corrected chi connectivity index (χ0v) is 18.2. The van der Waals surface area contributed by atoms with Crippen LogP contribution in [0.25, 0.3) is 0 Å². The lowest BCUT2D eigenvalue weighted by atomic mass is 9.91. The molecule has 0 saturated carbocycles. The van der Waals surface area contributed by atoms with Crippen LogP contribution in [0.1, 0.15) is 29.5 Å². The third-order valence-corrected chi connectivity index (χ3v) is 5.72. The lowest BCUT2D eigenvalue weighted by molar-refractivity contribution is -0.147. The van der Waals surface area contributed by atoms with Gasteiger partial charge in [0.05, 0.1) is 13.2 Å². The number of rotatable bonds is 7. The lowest BCUT2D eigenvalue weighted by Gasteiger charge is -2.19. The van der Waals surface area contributed by atoms with Gasteiger partial charge >= 0.3 is 12.1 Å². The van der Waals surface area contributed by atoms with Gasteiger partial charge in [-0.05, 0) is 29.7 Å². The highest BCUT2D eigenvalue weighted by molar-refractivity contribution is 5.91. The van der Waals surface area contributed by atoms with Crippen LogP contribution in [0.4, 0.5) is 9.18 Å². The van der Waals surface area contributed by atoms with Crippen LogP contribution in [-0.2, 0) is 32.1 Å². The molecule has 1 saturated heterocycles. The molecule has 9 heteroatoms. The molecule has 2 atom stereocenters. The summed E-state index contributed by atoms with van der Waals surface area (Å²) in [6.07, 6.45) is -0.169. The normalized spacial score (nSPS) is 19.1. The minimum atomic E-state index is -1.09. The lowest BCUT2D eigenvalue weighted by Crippen LogP contribution is -2.44. The third-order valence-electron chi connectivity index (χ3n) is 5.72.